The zero-order valence-corrected chi connectivity index (χ0v) is 12.9. The average molecular weight is 320 g/mol. The molecule has 2 aromatic carbocycles. The second-order valence-electron chi connectivity index (χ2n) is 5.79. The number of hydrogen-bond donors (Lipinski definition) is 2. The number of pyridine rings is 1. The molecule has 5 heteroatoms. The number of hydrogen-bond acceptors (Lipinski definition) is 3. The Hall–Kier alpha value is -3.08. The SMILES string of the molecule is O=C(N[C@H]1CCOc2ccccc21)c1cc(=O)[nH]c2ccccc12. The predicted molar refractivity (Wildman–Crippen MR) is 91.3 cm³/mol. The first-order valence-electron chi connectivity index (χ1n) is 7.87. The van der Waals surface area contributed by atoms with Crippen molar-refractivity contribution >= 4 is 16.8 Å². The molecule has 0 unspecified atom stereocenters. The van der Waals surface area contributed by atoms with E-state index >= 15 is 0 Å². The summed E-state index contributed by atoms with van der Waals surface area (Å²) in [5, 5.41) is 3.77. The molecule has 1 amide bonds. The molecule has 2 heterocycles. The topological polar surface area (TPSA) is 71.2 Å². The van der Waals surface area contributed by atoms with Crippen molar-refractivity contribution in [3.63, 3.8) is 0 Å². The Morgan fingerprint density at radius 2 is 1.92 bits per heavy atom. The number of carbonyl (C=O) groups excluding carboxylic acids is 1. The third-order valence-corrected chi connectivity index (χ3v) is 4.26. The molecule has 0 bridgehead atoms. The largest absolute Gasteiger partial charge is 0.493 e. The summed E-state index contributed by atoms with van der Waals surface area (Å²) >= 11 is 0. The number of ether oxygens (including phenoxy) is 1. The van der Waals surface area contributed by atoms with Gasteiger partial charge in [-0.2, -0.15) is 0 Å². The molecule has 0 radical (unpaired) electrons. The quantitative estimate of drug-likeness (QED) is 0.763. The Bertz CT molecular complexity index is 978. The summed E-state index contributed by atoms with van der Waals surface area (Å²) in [6, 6.07) is 16.2. The molecule has 0 spiro atoms. The van der Waals surface area contributed by atoms with Crippen molar-refractivity contribution in [2.75, 3.05) is 6.61 Å². The van der Waals surface area contributed by atoms with Crippen molar-refractivity contribution in [1.29, 1.82) is 0 Å². The lowest BCUT2D eigenvalue weighted by Gasteiger charge is -2.26. The van der Waals surface area contributed by atoms with E-state index in [2.05, 4.69) is 10.3 Å². The van der Waals surface area contributed by atoms with Crippen molar-refractivity contribution in [2.45, 2.75) is 12.5 Å². The van der Waals surface area contributed by atoms with Crippen LogP contribution >= 0.6 is 0 Å². The predicted octanol–water partition coefficient (Wildman–Crippen LogP) is 2.78. The van der Waals surface area contributed by atoms with Crippen LogP contribution in [0, 0.1) is 0 Å². The molecule has 1 aliphatic heterocycles. The minimum atomic E-state index is -0.286. The maximum absolute atomic E-state index is 12.8. The van der Waals surface area contributed by atoms with Gasteiger partial charge in [0, 0.05) is 29.0 Å². The summed E-state index contributed by atoms with van der Waals surface area (Å²) in [5.74, 6) is 0.545. The first-order chi connectivity index (χ1) is 11.7. The van der Waals surface area contributed by atoms with Gasteiger partial charge in [-0.3, -0.25) is 9.59 Å². The molecule has 5 nitrogen and oxygen atoms in total. The summed E-state index contributed by atoms with van der Waals surface area (Å²) in [5.41, 5.74) is 1.72. The number of para-hydroxylation sites is 2. The second kappa shape index (κ2) is 5.85. The van der Waals surface area contributed by atoms with E-state index in [0.29, 0.717) is 24.1 Å². The third-order valence-electron chi connectivity index (χ3n) is 4.26. The number of benzene rings is 2. The van der Waals surface area contributed by atoms with Gasteiger partial charge in [-0.25, -0.2) is 0 Å². The molecule has 24 heavy (non-hydrogen) atoms. The van der Waals surface area contributed by atoms with Crippen LogP contribution in [-0.4, -0.2) is 17.5 Å². The van der Waals surface area contributed by atoms with Crippen molar-refractivity contribution in [1.82, 2.24) is 10.3 Å². The maximum Gasteiger partial charge on any atom is 0.252 e. The normalized spacial score (nSPS) is 16.2. The Labute approximate surface area is 138 Å². The average Bonchev–Trinajstić information content (AvgIpc) is 2.61. The molecule has 4 rings (SSSR count). The third kappa shape index (κ3) is 2.54. The summed E-state index contributed by atoms with van der Waals surface area (Å²) in [4.78, 5) is 27.4. The molecule has 0 saturated carbocycles. The fraction of sp³-hybridized carbons (Fsp3) is 0.158. The molecule has 2 N–H and O–H groups in total. The van der Waals surface area contributed by atoms with Crippen LogP contribution in [0.15, 0.2) is 59.4 Å². The van der Waals surface area contributed by atoms with E-state index in [1.807, 2.05) is 42.5 Å². The maximum atomic E-state index is 12.8. The molecule has 0 saturated heterocycles. The van der Waals surface area contributed by atoms with E-state index in [-0.39, 0.29) is 17.5 Å². The zero-order chi connectivity index (χ0) is 16.5. The smallest absolute Gasteiger partial charge is 0.252 e. The fourth-order valence-electron chi connectivity index (χ4n) is 3.12. The van der Waals surface area contributed by atoms with E-state index in [1.54, 1.807) is 6.07 Å². The van der Waals surface area contributed by atoms with E-state index in [4.69, 9.17) is 4.74 Å². The molecule has 1 aromatic heterocycles. The van der Waals surface area contributed by atoms with E-state index in [9.17, 15) is 9.59 Å². The number of fused-ring (bicyclic) bond motifs is 2. The van der Waals surface area contributed by atoms with Gasteiger partial charge in [0.25, 0.3) is 5.91 Å². The van der Waals surface area contributed by atoms with E-state index < -0.39 is 0 Å². The lowest BCUT2D eigenvalue weighted by Crippen LogP contribution is -2.32. The summed E-state index contributed by atoms with van der Waals surface area (Å²) in [7, 11) is 0. The molecule has 0 fully saturated rings. The van der Waals surface area contributed by atoms with Crippen LogP contribution in [-0.2, 0) is 0 Å². The molecule has 1 aliphatic rings. The van der Waals surface area contributed by atoms with Crippen LogP contribution in [0.5, 0.6) is 5.75 Å². The standard InChI is InChI=1S/C19H16N2O3/c22-18-11-14(12-5-1-3-7-15(12)20-18)19(23)21-16-9-10-24-17-8-4-2-6-13(16)17/h1-8,11,16H,9-10H2,(H,20,22)(H,21,23)/t16-/m0/s1. The minimum absolute atomic E-state index is 0.125. The van der Waals surface area contributed by atoms with Gasteiger partial charge in [0.2, 0.25) is 5.56 Å². The highest BCUT2D eigenvalue weighted by Crippen LogP contribution is 2.31. The number of aromatic amines is 1. The number of aromatic nitrogens is 1. The van der Waals surface area contributed by atoms with Gasteiger partial charge in [-0.05, 0) is 12.1 Å². The van der Waals surface area contributed by atoms with Crippen molar-refractivity contribution < 1.29 is 9.53 Å². The van der Waals surface area contributed by atoms with Gasteiger partial charge in [-0.15, -0.1) is 0 Å². The number of rotatable bonds is 2. The minimum Gasteiger partial charge on any atom is -0.493 e. The van der Waals surface area contributed by atoms with Crippen molar-refractivity contribution in [3.05, 3.63) is 76.1 Å². The summed E-state index contributed by atoms with van der Waals surface area (Å²) < 4.78 is 5.62. The van der Waals surface area contributed by atoms with E-state index in [1.165, 1.54) is 6.07 Å². The molecular formula is C19H16N2O3. The van der Waals surface area contributed by atoms with E-state index in [0.717, 1.165) is 16.7 Å². The highest BCUT2D eigenvalue weighted by molar-refractivity contribution is 6.06. The first-order valence-corrected chi connectivity index (χ1v) is 7.87. The number of carbonyl (C=O) groups is 1. The molecule has 0 aliphatic carbocycles. The monoisotopic (exact) mass is 320 g/mol. The number of H-pyrrole nitrogens is 1. The van der Waals surface area contributed by atoms with Crippen LogP contribution in [0.25, 0.3) is 10.9 Å². The summed E-state index contributed by atoms with van der Waals surface area (Å²) in [6.45, 7) is 0.554. The Balaban J connectivity index is 1.70. The number of nitrogens with one attached hydrogen (secondary N) is 2. The lowest BCUT2D eigenvalue weighted by molar-refractivity contribution is 0.0926. The first kappa shape index (κ1) is 14.5. The van der Waals surface area contributed by atoms with Gasteiger partial charge in [0.15, 0.2) is 0 Å². The Kier molecular flexibility index (Phi) is 3.54. The van der Waals surface area contributed by atoms with Gasteiger partial charge >= 0.3 is 0 Å². The van der Waals surface area contributed by atoms with Crippen molar-refractivity contribution in [3.8, 4) is 5.75 Å². The second-order valence-corrected chi connectivity index (χ2v) is 5.79. The van der Waals surface area contributed by atoms with Gasteiger partial charge in [0.05, 0.1) is 18.2 Å². The zero-order valence-electron chi connectivity index (χ0n) is 12.9. The van der Waals surface area contributed by atoms with Gasteiger partial charge < -0.3 is 15.0 Å². The molecule has 3 aromatic rings. The van der Waals surface area contributed by atoms with Crippen LogP contribution < -0.4 is 15.6 Å². The van der Waals surface area contributed by atoms with Gasteiger partial charge in [-0.1, -0.05) is 36.4 Å². The highest BCUT2D eigenvalue weighted by Gasteiger charge is 2.23. The molecule has 120 valence electrons. The van der Waals surface area contributed by atoms with Gasteiger partial charge in [0.1, 0.15) is 5.75 Å². The van der Waals surface area contributed by atoms with Crippen LogP contribution in [0.3, 0.4) is 0 Å². The lowest BCUT2D eigenvalue weighted by atomic mass is 9.99. The molecule has 1 atom stereocenters. The Morgan fingerprint density at radius 1 is 1.12 bits per heavy atom. The number of amides is 1. The Morgan fingerprint density at radius 3 is 2.83 bits per heavy atom. The summed E-state index contributed by atoms with van der Waals surface area (Å²) in [6.07, 6.45) is 0.698. The molecular weight excluding hydrogens is 304 g/mol. The van der Waals surface area contributed by atoms with Crippen LogP contribution in [0.2, 0.25) is 0 Å². The highest BCUT2D eigenvalue weighted by atomic mass is 16.5. The van der Waals surface area contributed by atoms with Crippen LogP contribution in [0.1, 0.15) is 28.4 Å². The van der Waals surface area contributed by atoms with Crippen molar-refractivity contribution in [2.24, 2.45) is 0 Å². The fourth-order valence-corrected chi connectivity index (χ4v) is 3.12. The van der Waals surface area contributed by atoms with Crippen LogP contribution in [0.4, 0.5) is 0 Å².